The van der Waals surface area contributed by atoms with Crippen LogP contribution in [0.4, 0.5) is 0 Å². The van der Waals surface area contributed by atoms with Crippen LogP contribution in [0.2, 0.25) is 0 Å². The Morgan fingerprint density at radius 2 is 2.31 bits per heavy atom. The summed E-state index contributed by atoms with van der Waals surface area (Å²) >= 11 is 0. The summed E-state index contributed by atoms with van der Waals surface area (Å²) < 4.78 is 5.02. The largest absolute Gasteiger partial charge is 0.506 e. The Hall–Kier alpha value is -1.49. The van der Waals surface area contributed by atoms with Crippen LogP contribution in [0.25, 0.3) is 0 Å². The molecule has 0 aromatic rings. The molecule has 70 valence electrons. The van der Waals surface area contributed by atoms with E-state index >= 15 is 0 Å². The Morgan fingerprint density at radius 1 is 1.62 bits per heavy atom. The molecule has 1 fully saturated rings. The van der Waals surface area contributed by atoms with E-state index < -0.39 is 17.7 Å². The lowest BCUT2D eigenvalue weighted by atomic mass is 9.95. The first-order chi connectivity index (χ1) is 6.05. The lowest BCUT2D eigenvalue weighted by Gasteiger charge is -2.08. The van der Waals surface area contributed by atoms with Gasteiger partial charge in [0, 0.05) is 0 Å². The molecule has 1 heterocycles. The van der Waals surface area contributed by atoms with Crippen molar-refractivity contribution < 1.29 is 24.9 Å². The van der Waals surface area contributed by atoms with Crippen molar-refractivity contribution in [1.29, 1.82) is 0 Å². The van der Waals surface area contributed by atoms with E-state index in [-0.39, 0.29) is 17.9 Å². The molecular formula is C8H8O5. The highest BCUT2D eigenvalue weighted by Crippen LogP contribution is 2.47. The first kappa shape index (κ1) is 8.12. The molecule has 2 atom stereocenters. The molecule has 1 saturated heterocycles. The second-order valence-corrected chi connectivity index (χ2v) is 3.13. The van der Waals surface area contributed by atoms with Crippen LogP contribution in [0, 0.1) is 0 Å². The highest BCUT2D eigenvalue weighted by atomic mass is 16.6. The summed E-state index contributed by atoms with van der Waals surface area (Å²) in [6, 6.07) is 0. The van der Waals surface area contributed by atoms with Crippen molar-refractivity contribution in [3.8, 4) is 0 Å². The molecule has 5 nitrogen and oxygen atoms in total. The predicted octanol–water partition coefficient (Wildman–Crippen LogP) is 0.496. The first-order valence-corrected chi connectivity index (χ1v) is 3.76. The maximum absolute atomic E-state index is 10.4. The van der Waals surface area contributed by atoms with Crippen LogP contribution in [0.5, 0.6) is 0 Å². The molecule has 0 aromatic heterocycles. The minimum atomic E-state index is -0.999. The van der Waals surface area contributed by atoms with Crippen molar-refractivity contribution in [2.24, 2.45) is 0 Å². The van der Waals surface area contributed by atoms with Gasteiger partial charge in [-0.1, -0.05) is 0 Å². The Balaban J connectivity index is 2.20. The smallest absolute Gasteiger partial charge is 0.306 e. The SMILES string of the molecule is O=C(O)CC12C=CC(O)=C(O)C1O2. The molecule has 0 bridgehead atoms. The van der Waals surface area contributed by atoms with Crippen LogP contribution in [-0.4, -0.2) is 33.0 Å². The van der Waals surface area contributed by atoms with Gasteiger partial charge in [-0.25, -0.2) is 0 Å². The number of hydrogen-bond donors (Lipinski definition) is 3. The monoisotopic (exact) mass is 184 g/mol. The summed E-state index contributed by atoms with van der Waals surface area (Å²) in [5.41, 5.74) is -0.928. The lowest BCUT2D eigenvalue weighted by molar-refractivity contribution is -0.137. The topological polar surface area (TPSA) is 90.3 Å². The zero-order chi connectivity index (χ0) is 9.64. The quantitative estimate of drug-likeness (QED) is 0.543. The second-order valence-electron chi connectivity index (χ2n) is 3.13. The minimum absolute atomic E-state index is 0.203. The van der Waals surface area contributed by atoms with Gasteiger partial charge in [-0.2, -0.15) is 0 Å². The average Bonchev–Trinajstić information content (AvgIpc) is 2.72. The molecule has 13 heavy (non-hydrogen) atoms. The fourth-order valence-electron chi connectivity index (χ4n) is 1.47. The third-order valence-corrected chi connectivity index (χ3v) is 2.19. The summed E-state index contributed by atoms with van der Waals surface area (Å²) in [6.07, 6.45) is 1.82. The maximum Gasteiger partial charge on any atom is 0.306 e. The number of aliphatic hydroxyl groups excluding tert-OH is 2. The van der Waals surface area contributed by atoms with E-state index in [4.69, 9.17) is 14.9 Å². The molecule has 5 heteroatoms. The number of aliphatic carboxylic acids is 1. The van der Waals surface area contributed by atoms with Crippen LogP contribution in [-0.2, 0) is 9.53 Å². The van der Waals surface area contributed by atoms with E-state index in [9.17, 15) is 9.90 Å². The van der Waals surface area contributed by atoms with Crippen LogP contribution < -0.4 is 0 Å². The third-order valence-electron chi connectivity index (χ3n) is 2.19. The fraction of sp³-hybridized carbons (Fsp3) is 0.375. The molecule has 3 N–H and O–H groups in total. The number of allylic oxidation sites excluding steroid dienone is 1. The predicted molar refractivity (Wildman–Crippen MR) is 41.3 cm³/mol. The van der Waals surface area contributed by atoms with Crippen LogP contribution in [0.3, 0.4) is 0 Å². The van der Waals surface area contributed by atoms with Crippen molar-refractivity contribution in [2.75, 3.05) is 0 Å². The van der Waals surface area contributed by atoms with E-state index in [1.807, 2.05) is 0 Å². The zero-order valence-corrected chi connectivity index (χ0v) is 6.60. The number of carbonyl (C=O) groups is 1. The Morgan fingerprint density at radius 3 is 2.92 bits per heavy atom. The van der Waals surface area contributed by atoms with Crippen molar-refractivity contribution in [3.05, 3.63) is 23.7 Å². The van der Waals surface area contributed by atoms with Crippen molar-refractivity contribution >= 4 is 5.97 Å². The van der Waals surface area contributed by atoms with Gasteiger partial charge in [0.2, 0.25) is 0 Å². The normalized spacial score (nSPS) is 35.8. The molecular weight excluding hydrogens is 176 g/mol. The molecule has 1 aliphatic heterocycles. The van der Waals surface area contributed by atoms with E-state index in [0.29, 0.717) is 0 Å². The van der Waals surface area contributed by atoms with E-state index in [1.165, 1.54) is 12.2 Å². The summed E-state index contributed by atoms with van der Waals surface area (Å²) in [5, 5.41) is 26.8. The fourth-order valence-corrected chi connectivity index (χ4v) is 1.47. The molecule has 0 spiro atoms. The number of fused-ring (bicyclic) bond motifs is 1. The van der Waals surface area contributed by atoms with Crippen LogP contribution in [0.15, 0.2) is 23.7 Å². The molecule has 0 radical (unpaired) electrons. The summed E-state index contributed by atoms with van der Waals surface area (Å²) in [7, 11) is 0. The Bertz CT molecular complexity index is 329. The standard InChI is InChI=1S/C8H8O5/c9-4-1-2-8(3-5(10)11)7(13-8)6(4)12/h1-2,7,9,12H,3H2,(H,10,11). The number of hydrogen-bond acceptors (Lipinski definition) is 4. The van der Waals surface area contributed by atoms with E-state index in [1.54, 1.807) is 0 Å². The van der Waals surface area contributed by atoms with Crippen LogP contribution in [0.1, 0.15) is 6.42 Å². The molecule has 2 aliphatic rings. The van der Waals surface area contributed by atoms with Gasteiger partial charge >= 0.3 is 5.97 Å². The number of ether oxygens (including phenoxy) is 1. The summed E-state index contributed by atoms with van der Waals surface area (Å²) in [4.78, 5) is 10.4. The maximum atomic E-state index is 10.4. The highest BCUT2D eigenvalue weighted by Gasteiger charge is 2.60. The van der Waals surface area contributed by atoms with Crippen LogP contribution >= 0.6 is 0 Å². The number of rotatable bonds is 2. The number of aliphatic hydroxyl groups is 2. The van der Waals surface area contributed by atoms with Gasteiger partial charge in [0.15, 0.2) is 17.6 Å². The molecule has 0 saturated carbocycles. The highest BCUT2D eigenvalue weighted by molar-refractivity contribution is 5.70. The van der Waals surface area contributed by atoms with Crippen molar-refractivity contribution in [3.63, 3.8) is 0 Å². The zero-order valence-electron chi connectivity index (χ0n) is 6.60. The Kier molecular flexibility index (Phi) is 1.41. The number of carboxylic acids is 1. The summed E-state index contributed by atoms with van der Waals surface area (Å²) in [6.45, 7) is 0. The minimum Gasteiger partial charge on any atom is -0.506 e. The third kappa shape index (κ3) is 1.08. The van der Waals surface area contributed by atoms with Gasteiger partial charge in [-0.05, 0) is 12.2 Å². The second kappa shape index (κ2) is 2.26. The summed E-state index contributed by atoms with van der Waals surface area (Å²) in [5.74, 6) is -1.55. The molecule has 2 unspecified atom stereocenters. The molecule has 1 aliphatic carbocycles. The van der Waals surface area contributed by atoms with E-state index in [2.05, 4.69) is 0 Å². The Labute approximate surface area is 73.6 Å². The number of epoxide rings is 1. The molecule has 0 amide bonds. The van der Waals surface area contributed by atoms with Gasteiger partial charge < -0.3 is 20.1 Å². The van der Waals surface area contributed by atoms with E-state index in [0.717, 1.165) is 0 Å². The molecule has 2 rings (SSSR count). The van der Waals surface area contributed by atoms with Gasteiger partial charge in [0.1, 0.15) is 5.60 Å². The van der Waals surface area contributed by atoms with Crippen molar-refractivity contribution in [1.82, 2.24) is 0 Å². The van der Waals surface area contributed by atoms with Gasteiger partial charge in [0.25, 0.3) is 0 Å². The lowest BCUT2D eigenvalue weighted by Crippen LogP contribution is -2.21. The number of carboxylic acid groups (broad SMARTS) is 1. The van der Waals surface area contributed by atoms with Gasteiger partial charge in [-0.15, -0.1) is 0 Å². The molecule has 0 aromatic carbocycles. The average molecular weight is 184 g/mol. The van der Waals surface area contributed by atoms with Gasteiger partial charge in [-0.3, -0.25) is 4.79 Å². The van der Waals surface area contributed by atoms with Gasteiger partial charge in [0.05, 0.1) is 6.42 Å². The first-order valence-electron chi connectivity index (χ1n) is 3.76. The van der Waals surface area contributed by atoms with Crippen molar-refractivity contribution in [2.45, 2.75) is 18.1 Å².